The van der Waals surface area contributed by atoms with Crippen LogP contribution in [0, 0.1) is 0 Å². The molecule has 0 aromatic heterocycles. The van der Waals surface area contributed by atoms with Crippen LogP contribution < -0.4 is 10.1 Å². The summed E-state index contributed by atoms with van der Waals surface area (Å²) in [5.74, 6) is -0.249. The largest absolute Gasteiger partial charge is 0.496 e. The van der Waals surface area contributed by atoms with Gasteiger partial charge in [0, 0.05) is 7.05 Å². The van der Waals surface area contributed by atoms with E-state index in [1.165, 1.54) is 18.0 Å². The minimum absolute atomic E-state index is 0.0400. The van der Waals surface area contributed by atoms with Crippen molar-refractivity contribution in [2.75, 3.05) is 14.2 Å². The van der Waals surface area contributed by atoms with E-state index in [4.69, 9.17) is 17.0 Å². The number of likely N-dealkylation sites (N-methyl/N-ethyl adjacent to an activating group) is 1. The summed E-state index contributed by atoms with van der Waals surface area (Å²) in [5, 5.41) is 2.56. The molecule has 1 aliphatic heterocycles. The summed E-state index contributed by atoms with van der Waals surface area (Å²) in [6.45, 7) is 0. The van der Waals surface area contributed by atoms with Crippen molar-refractivity contribution in [1.29, 1.82) is 0 Å². The number of halogens is 1. The minimum atomic E-state index is -0.495. The number of benzene rings is 1. The van der Waals surface area contributed by atoms with Crippen molar-refractivity contribution in [3.05, 3.63) is 33.8 Å². The molecule has 0 saturated carbocycles. The van der Waals surface area contributed by atoms with Gasteiger partial charge >= 0.3 is 0 Å². The fourth-order valence-corrected chi connectivity index (χ4v) is 2.42. The Morgan fingerprint density at radius 2 is 2.10 bits per heavy atom. The van der Waals surface area contributed by atoms with Crippen molar-refractivity contribution in [2.24, 2.45) is 0 Å². The van der Waals surface area contributed by atoms with Gasteiger partial charge in [-0.15, -0.1) is 0 Å². The van der Waals surface area contributed by atoms with Crippen molar-refractivity contribution >= 4 is 51.2 Å². The Balaban J connectivity index is 2.39. The molecule has 2 rings (SSSR count). The highest BCUT2D eigenvalue weighted by Gasteiger charge is 2.30. The monoisotopic (exact) mass is 354 g/mol. The van der Waals surface area contributed by atoms with Gasteiger partial charge in [-0.05, 0) is 51.9 Å². The maximum atomic E-state index is 12.0. The molecule has 1 aromatic rings. The van der Waals surface area contributed by atoms with E-state index >= 15 is 0 Å². The number of carbonyl (C=O) groups excluding carboxylic acids is 2. The van der Waals surface area contributed by atoms with Gasteiger partial charge in [0.1, 0.15) is 11.3 Å². The van der Waals surface area contributed by atoms with Gasteiger partial charge in [0.05, 0.1) is 11.6 Å². The van der Waals surface area contributed by atoms with Gasteiger partial charge in [0.15, 0.2) is 5.11 Å². The first-order chi connectivity index (χ1) is 9.43. The van der Waals surface area contributed by atoms with Crippen LogP contribution >= 0.6 is 28.1 Å². The minimum Gasteiger partial charge on any atom is -0.496 e. The third-order valence-corrected chi connectivity index (χ3v) is 3.79. The van der Waals surface area contributed by atoms with Crippen molar-refractivity contribution in [2.45, 2.75) is 0 Å². The summed E-state index contributed by atoms with van der Waals surface area (Å²) in [6, 6.07) is 5.26. The van der Waals surface area contributed by atoms with E-state index in [-0.39, 0.29) is 10.7 Å². The molecule has 20 heavy (non-hydrogen) atoms. The Morgan fingerprint density at radius 1 is 1.40 bits per heavy atom. The van der Waals surface area contributed by atoms with Crippen LogP contribution in [0.3, 0.4) is 0 Å². The molecule has 104 valence electrons. The van der Waals surface area contributed by atoms with E-state index in [1.54, 1.807) is 25.3 Å². The van der Waals surface area contributed by atoms with Crippen LogP contribution in [0.2, 0.25) is 0 Å². The fraction of sp³-hybridized carbons (Fsp3) is 0.154. The third-order valence-electron chi connectivity index (χ3n) is 2.79. The smallest absolute Gasteiger partial charge is 0.265 e. The molecule has 2 amide bonds. The summed E-state index contributed by atoms with van der Waals surface area (Å²) < 4.78 is 5.86. The molecule has 0 atom stereocenters. The number of hydrogen-bond donors (Lipinski definition) is 1. The second-order valence-corrected chi connectivity index (χ2v) is 5.32. The van der Waals surface area contributed by atoms with Crippen molar-refractivity contribution in [3.63, 3.8) is 0 Å². The summed E-state index contributed by atoms with van der Waals surface area (Å²) in [5.41, 5.74) is 0.746. The van der Waals surface area contributed by atoms with E-state index in [0.29, 0.717) is 11.3 Å². The van der Waals surface area contributed by atoms with Gasteiger partial charge in [0.25, 0.3) is 11.8 Å². The predicted octanol–water partition coefficient (Wildman–Crippen LogP) is 1.71. The van der Waals surface area contributed by atoms with Crippen molar-refractivity contribution < 1.29 is 14.3 Å². The number of hydrogen-bond acceptors (Lipinski definition) is 4. The first-order valence-corrected chi connectivity index (χ1v) is 6.82. The van der Waals surface area contributed by atoms with E-state index in [9.17, 15) is 9.59 Å². The summed E-state index contributed by atoms with van der Waals surface area (Å²) in [4.78, 5) is 25.1. The van der Waals surface area contributed by atoms with Gasteiger partial charge in [0.2, 0.25) is 0 Å². The molecule has 0 aliphatic carbocycles. The zero-order chi connectivity index (χ0) is 14.9. The Bertz CT molecular complexity index is 643. The second-order valence-electron chi connectivity index (χ2n) is 4.08. The number of amides is 2. The predicted molar refractivity (Wildman–Crippen MR) is 82.2 cm³/mol. The highest BCUT2D eigenvalue weighted by molar-refractivity contribution is 9.10. The van der Waals surface area contributed by atoms with Gasteiger partial charge in [-0.3, -0.25) is 19.8 Å². The lowest BCUT2D eigenvalue weighted by molar-refractivity contribution is -0.128. The molecule has 0 unspecified atom stereocenters. The van der Waals surface area contributed by atoms with Gasteiger partial charge in [-0.2, -0.15) is 0 Å². The molecule has 1 fully saturated rings. The SMILES string of the molecule is COc1ccc(/C=C2\C(=O)NC(=S)N(C)C2=O)cc1Br. The zero-order valence-corrected chi connectivity index (χ0v) is 13.2. The highest BCUT2D eigenvalue weighted by atomic mass is 79.9. The molecular formula is C13H11BrN2O3S. The second kappa shape index (κ2) is 5.72. The van der Waals surface area contributed by atoms with Crippen molar-refractivity contribution in [1.82, 2.24) is 10.2 Å². The Labute approximate surface area is 129 Å². The standard InChI is InChI=1S/C13H11BrN2O3S/c1-16-12(18)8(11(17)15-13(16)20)5-7-3-4-10(19-2)9(14)6-7/h3-6H,1-2H3,(H,15,17,20)/b8-5+. The Kier molecular flexibility index (Phi) is 4.20. The molecule has 0 spiro atoms. The van der Waals surface area contributed by atoms with Crippen LogP contribution in [0.1, 0.15) is 5.56 Å². The lowest BCUT2D eigenvalue weighted by atomic mass is 10.1. The van der Waals surface area contributed by atoms with Crippen molar-refractivity contribution in [3.8, 4) is 5.75 Å². The molecule has 5 nitrogen and oxygen atoms in total. The number of rotatable bonds is 2. The topological polar surface area (TPSA) is 58.6 Å². The van der Waals surface area contributed by atoms with Gasteiger partial charge in [-0.25, -0.2) is 0 Å². The van der Waals surface area contributed by atoms with Gasteiger partial charge < -0.3 is 4.74 Å². The maximum Gasteiger partial charge on any atom is 0.265 e. The Hall–Kier alpha value is -1.73. The molecule has 0 radical (unpaired) electrons. The third kappa shape index (κ3) is 2.73. The normalized spacial score (nSPS) is 17.4. The van der Waals surface area contributed by atoms with Crippen LogP contribution in [0.4, 0.5) is 0 Å². The van der Waals surface area contributed by atoms with Crippen LogP contribution in [0.25, 0.3) is 6.08 Å². The molecule has 1 aromatic carbocycles. The first-order valence-electron chi connectivity index (χ1n) is 5.62. The van der Waals surface area contributed by atoms with Crippen LogP contribution in [0.5, 0.6) is 5.75 Å². The van der Waals surface area contributed by atoms with Crippen LogP contribution in [0.15, 0.2) is 28.2 Å². The lowest BCUT2D eigenvalue weighted by Crippen LogP contribution is -2.52. The Morgan fingerprint density at radius 3 is 2.70 bits per heavy atom. The summed E-state index contributed by atoms with van der Waals surface area (Å²) >= 11 is 8.23. The van der Waals surface area contributed by atoms with E-state index < -0.39 is 11.8 Å². The zero-order valence-electron chi connectivity index (χ0n) is 10.8. The molecule has 1 heterocycles. The van der Waals surface area contributed by atoms with Gasteiger partial charge in [-0.1, -0.05) is 6.07 Å². The number of nitrogens with zero attached hydrogens (tertiary/aromatic N) is 1. The number of thiocarbonyl (C=S) groups is 1. The first kappa shape index (κ1) is 14.7. The average Bonchev–Trinajstić information content (AvgIpc) is 2.41. The average molecular weight is 355 g/mol. The molecule has 0 bridgehead atoms. The molecule has 1 N–H and O–H groups in total. The fourth-order valence-electron chi connectivity index (χ4n) is 1.68. The summed E-state index contributed by atoms with van der Waals surface area (Å²) in [7, 11) is 3.08. The van der Waals surface area contributed by atoms with E-state index in [1.807, 2.05) is 0 Å². The lowest BCUT2D eigenvalue weighted by Gasteiger charge is -2.25. The molecule has 7 heteroatoms. The van der Waals surface area contributed by atoms with Crippen LogP contribution in [-0.2, 0) is 9.59 Å². The molecular weight excluding hydrogens is 344 g/mol. The number of ether oxygens (including phenoxy) is 1. The molecule has 1 saturated heterocycles. The van der Waals surface area contributed by atoms with E-state index in [2.05, 4.69) is 21.2 Å². The number of carbonyl (C=O) groups is 2. The highest BCUT2D eigenvalue weighted by Crippen LogP contribution is 2.26. The quantitative estimate of drug-likeness (QED) is 0.499. The number of nitrogens with one attached hydrogen (secondary N) is 1. The summed E-state index contributed by atoms with van der Waals surface area (Å²) in [6.07, 6.45) is 1.51. The number of methoxy groups -OCH3 is 1. The van der Waals surface area contributed by atoms with Crippen LogP contribution in [-0.4, -0.2) is 36.0 Å². The van der Waals surface area contributed by atoms with E-state index in [0.717, 1.165) is 4.47 Å². The molecule has 1 aliphatic rings. The maximum absolute atomic E-state index is 12.0.